The van der Waals surface area contributed by atoms with Crippen LogP contribution in [0.4, 0.5) is 5.69 Å². The molecule has 0 spiro atoms. The van der Waals surface area contributed by atoms with Gasteiger partial charge in [-0.3, -0.25) is 15.2 Å². The van der Waals surface area contributed by atoms with E-state index in [2.05, 4.69) is 32.4 Å². The maximum atomic E-state index is 11.1. The van der Waals surface area contributed by atoms with Crippen LogP contribution >= 0.6 is 0 Å². The Kier molecular flexibility index (Phi) is 10.7. The number of nitro groups is 1. The van der Waals surface area contributed by atoms with Crippen LogP contribution in [0.5, 0.6) is 0 Å². The number of imidazole rings is 1. The van der Waals surface area contributed by atoms with Gasteiger partial charge >= 0.3 is 5.69 Å². The fourth-order valence-corrected chi connectivity index (χ4v) is 2.53. The summed E-state index contributed by atoms with van der Waals surface area (Å²) in [6.45, 7) is 13.0. The Morgan fingerprint density at radius 3 is 2.71 bits per heavy atom. The Morgan fingerprint density at radius 1 is 1.36 bits per heavy atom. The average Bonchev–Trinajstić information content (AvgIpc) is 3.35. The Morgan fingerprint density at radius 2 is 2.11 bits per heavy atom. The third-order valence-electron chi connectivity index (χ3n) is 3.99. The lowest BCUT2D eigenvalue weighted by atomic mass is 10.1. The molecule has 0 amide bonds. The topological polar surface area (TPSA) is 122 Å². The molecule has 0 saturated heterocycles. The highest BCUT2D eigenvalue weighted by molar-refractivity contribution is 5.65. The Hall–Kier alpha value is -2.52. The highest BCUT2D eigenvalue weighted by Crippen LogP contribution is 2.26. The van der Waals surface area contributed by atoms with Crippen molar-refractivity contribution in [3.63, 3.8) is 0 Å². The van der Waals surface area contributed by atoms with Gasteiger partial charge < -0.3 is 15.0 Å². The van der Waals surface area contributed by atoms with Gasteiger partial charge in [-0.1, -0.05) is 33.3 Å². The van der Waals surface area contributed by atoms with Crippen LogP contribution < -0.4 is 5.32 Å². The van der Waals surface area contributed by atoms with Crippen LogP contribution in [0.25, 0.3) is 17.6 Å². The molecule has 9 nitrogen and oxygen atoms in total. The number of hydrogen-bond acceptors (Lipinski definition) is 6. The minimum Gasteiger partial charge on any atom is -0.380 e. The lowest BCUT2D eigenvalue weighted by Crippen LogP contribution is -2.22. The molecule has 9 heteroatoms. The zero-order valence-corrected chi connectivity index (χ0v) is 17.5. The highest BCUT2D eigenvalue weighted by Gasteiger charge is 2.21. The van der Waals surface area contributed by atoms with E-state index in [1.54, 1.807) is 0 Å². The van der Waals surface area contributed by atoms with E-state index < -0.39 is 4.92 Å². The molecule has 0 aliphatic rings. The van der Waals surface area contributed by atoms with Gasteiger partial charge in [0.05, 0.1) is 17.2 Å². The second-order valence-corrected chi connectivity index (χ2v) is 5.72. The molecule has 2 aromatic heterocycles. The van der Waals surface area contributed by atoms with Crippen molar-refractivity contribution in [3.8, 4) is 11.5 Å². The van der Waals surface area contributed by atoms with E-state index in [9.17, 15) is 10.1 Å². The maximum Gasteiger partial charge on any atom is 0.317 e. The van der Waals surface area contributed by atoms with Crippen molar-refractivity contribution >= 4 is 11.8 Å². The van der Waals surface area contributed by atoms with Crippen LogP contribution in [-0.2, 0) is 11.2 Å². The number of hydrogen-bond donors (Lipinski definition) is 3. The van der Waals surface area contributed by atoms with Crippen LogP contribution in [-0.4, -0.2) is 51.4 Å². The second kappa shape index (κ2) is 12.8. The summed E-state index contributed by atoms with van der Waals surface area (Å²) in [6.07, 6.45) is 4.86. The van der Waals surface area contributed by atoms with Gasteiger partial charge in [-0.2, -0.15) is 5.10 Å². The van der Waals surface area contributed by atoms with Crippen LogP contribution in [0.2, 0.25) is 0 Å². The summed E-state index contributed by atoms with van der Waals surface area (Å²) in [5.41, 5.74) is 3.13. The minimum absolute atomic E-state index is 0.0924. The van der Waals surface area contributed by atoms with E-state index in [-0.39, 0.29) is 11.4 Å². The predicted octanol–water partition coefficient (Wildman–Crippen LogP) is 3.72. The number of nitrogens with zero attached hydrogens (tertiary/aromatic N) is 3. The van der Waals surface area contributed by atoms with Gasteiger partial charge in [-0.25, -0.2) is 4.98 Å². The lowest BCUT2D eigenvalue weighted by molar-refractivity contribution is -0.384. The number of aromatic amines is 2. The van der Waals surface area contributed by atoms with E-state index in [0.717, 1.165) is 37.3 Å². The smallest absolute Gasteiger partial charge is 0.317 e. The predicted molar refractivity (Wildman–Crippen MR) is 111 cm³/mol. The maximum absolute atomic E-state index is 11.1. The number of nitrogens with one attached hydrogen (secondary N) is 3. The molecule has 0 saturated carbocycles. The number of ether oxygens (including phenoxy) is 1. The molecule has 28 heavy (non-hydrogen) atoms. The summed E-state index contributed by atoms with van der Waals surface area (Å²) in [4.78, 5) is 18.4. The molecular formula is C19H32N6O3. The van der Waals surface area contributed by atoms with Crippen molar-refractivity contribution in [2.24, 2.45) is 0 Å². The second-order valence-electron chi connectivity index (χ2n) is 5.72. The number of rotatable bonds is 11. The summed E-state index contributed by atoms with van der Waals surface area (Å²) < 4.78 is 5.32. The van der Waals surface area contributed by atoms with Crippen molar-refractivity contribution in [1.29, 1.82) is 0 Å². The Bertz CT molecular complexity index is 751. The van der Waals surface area contributed by atoms with Crippen LogP contribution in [0.15, 0.2) is 11.8 Å². The normalized spacial score (nSPS) is 11.2. The largest absolute Gasteiger partial charge is 0.380 e. The van der Waals surface area contributed by atoms with E-state index in [4.69, 9.17) is 4.74 Å². The summed E-state index contributed by atoms with van der Waals surface area (Å²) >= 11 is 0. The first-order valence-corrected chi connectivity index (χ1v) is 9.85. The molecule has 0 aliphatic carbocycles. The molecule has 0 bridgehead atoms. The fourth-order valence-electron chi connectivity index (χ4n) is 2.53. The molecular weight excluding hydrogens is 360 g/mol. The molecule has 2 heterocycles. The van der Waals surface area contributed by atoms with Gasteiger partial charge in [0.1, 0.15) is 6.20 Å². The molecule has 2 aromatic rings. The van der Waals surface area contributed by atoms with E-state index in [0.29, 0.717) is 19.0 Å². The van der Waals surface area contributed by atoms with Crippen LogP contribution in [0.1, 0.15) is 52.4 Å². The Labute approximate surface area is 166 Å². The Balaban J connectivity index is 0.00000190. The SMILES string of the molecule is CC.CCOCCNC/C(=C/c1nc(-c2[nH]ncc2[N+](=O)[O-])[nH]c1CC)CC. The van der Waals surface area contributed by atoms with Crippen LogP contribution in [0.3, 0.4) is 0 Å². The fraction of sp³-hybridized carbons (Fsp3) is 0.579. The number of H-pyrrole nitrogens is 2. The van der Waals surface area contributed by atoms with Crippen molar-refractivity contribution in [2.45, 2.75) is 47.5 Å². The van der Waals surface area contributed by atoms with Gasteiger partial charge in [-0.05, 0) is 25.8 Å². The molecule has 0 radical (unpaired) electrons. The minimum atomic E-state index is -0.470. The van der Waals surface area contributed by atoms with E-state index in [1.165, 1.54) is 11.8 Å². The summed E-state index contributed by atoms with van der Waals surface area (Å²) in [5.74, 6) is 0.428. The van der Waals surface area contributed by atoms with Crippen molar-refractivity contribution in [1.82, 2.24) is 25.5 Å². The van der Waals surface area contributed by atoms with Crippen molar-refractivity contribution < 1.29 is 9.66 Å². The summed E-state index contributed by atoms with van der Waals surface area (Å²) in [6, 6.07) is 0. The zero-order valence-electron chi connectivity index (χ0n) is 17.5. The lowest BCUT2D eigenvalue weighted by Gasteiger charge is -2.07. The van der Waals surface area contributed by atoms with E-state index in [1.807, 2.05) is 33.8 Å². The highest BCUT2D eigenvalue weighted by atomic mass is 16.6. The van der Waals surface area contributed by atoms with Crippen molar-refractivity contribution in [3.05, 3.63) is 33.3 Å². The standard InChI is InChI=1S/C17H26N6O3.C2H6/c1-4-12(10-18-7-8-26-6-3)9-14-13(5-2)20-17(21-14)16-15(23(24)25)11-19-22-16;1-2/h9,11,18H,4-8,10H2,1-3H3,(H,19,22)(H,20,21);1-2H3/b12-9+;. The van der Waals surface area contributed by atoms with E-state index >= 15 is 0 Å². The van der Waals surface area contributed by atoms with Crippen molar-refractivity contribution in [2.75, 3.05) is 26.3 Å². The molecule has 156 valence electrons. The molecule has 3 N–H and O–H groups in total. The third kappa shape index (κ3) is 6.58. The van der Waals surface area contributed by atoms with Gasteiger partial charge in [0, 0.05) is 25.4 Å². The first-order valence-electron chi connectivity index (χ1n) is 9.85. The van der Waals surface area contributed by atoms with Gasteiger partial charge in [0.15, 0.2) is 11.5 Å². The molecule has 0 aliphatic heterocycles. The van der Waals surface area contributed by atoms with Gasteiger partial charge in [-0.15, -0.1) is 0 Å². The summed E-state index contributed by atoms with van der Waals surface area (Å²) in [7, 11) is 0. The molecule has 2 rings (SSSR count). The molecule has 0 unspecified atom stereocenters. The first-order chi connectivity index (χ1) is 13.6. The average molecular weight is 393 g/mol. The van der Waals surface area contributed by atoms with Gasteiger partial charge in [0.25, 0.3) is 0 Å². The van der Waals surface area contributed by atoms with Gasteiger partial charge in [0.2, 0.25) is 0 Å². The van der Waals surface area contributed by atoms with Crippen LogP contribution in [0, 0.1) is 10.1 Å². The molecule has 0 atom stereocenters. The monoisotopic (exact) mass is 392 g/mol. The molecule has 0 fully saturated rings. The third-order valence-corrected chi connectivity index (χ3v) is 3.99. The zero-order chi connectivity index (χ0) is 20.9. The first kappa shape index (κ1) is 23.5. The summed E-state index contributed by atoms with van der Waals surface area (Å²) in [5, 5.41) is 20.9. The number of aryl methyl sites for hydroxylation is 1. The quantitative estimate of drug-likeness (QED) is 0.304. The molecule has 0 aromatic carbocycles. The number of aromatic nitrogens is 4.